The van der Waals surface area contributed by atoms with Gasteiger partial charge in [0.25, 0.3) is 0 Å². The first-order valence-electron chi connectivity index (χ1n) is 2.58. The van der Waals surface area contributed by atoms with Crippen LogP contribution in [0.15, 0.2) is 0 Å². The Balaban J connectivity index is 3.86. The highest BCUT2D eigenvalue weighted by Crippen LogP contribution is 2.25. The highest BCUT2D eigenvalue weighted by Gasteiger charge is 2.28. The molecule has 0 aromatic heterocycles. The largest absolute Gasteiger partial charge is 0.506 e. The van der Waals surface area contributed by atoms with Crippen molar-refractivity contribution in [2.24, 2.45) is 5.41 Å². The molecule has 0 aliphatic carbocycles. The average molecular weight is 149 g/mol. The highest BCUT2D eigenvalue weighted by molar-refractivity contribution is 7.38. The van der Waals surface area contributed by atoms with E-state index in [0.29, 0.717) is 6.29 Å². The number of hydrogen-bond acceptors (Lipinski definition) is 2. The monoisotopic (exact) mass is 149 g/mol. The molecule has 9 heavy (non-hydrogen) atoms. The van der Waals surface area contributed by atoms with E-state index in [2.05, 4.69) is 0 Å². The van der Waals surface area contributed by atoms with Gasteiger partial charge >= 0.3 is 8.03 Å². The van der Waals surface area contributed by atoms with Crippen molar-refractivity contribution in [2.45, 2.75) is 13.8 Å². The predicted molar refractivity (Wildman–Crippen MR) is 34.5 cm³/mol. The Kier molecular flexibility index (Phi) is 2.95. The average Bonchev–Trinajstić information content (AvgIpc) is 1.63. The number of aldehydes is 1. The van der Waals surface area contributed by atoms with Gasteiger partial charge in [-0.1, -0.05) is 0 Å². The van der Waals surface area contributed by atoms with Crippen LogP contribution in [0.1, 0.15) is 13.8 Å². The fraction of sp³-hybridized carbons (Fsp3) is 0.800. The van der Waals surface area contributed by atoms with Crippen LogP contribution in [0.25, 0.3) is 0 Å². The molecule has 0 amide bonds. The van der Waals surface area contributed by atoms with Crippen molar-refractivity contribution >= 4 is 14.3 Å². The molecule has 0 radical (unpaired) electrons. The first-order chi connectivity index (χ1) is 3.98. The van der Waals surface area contributed by atoms with Crippen LogP contribution in [0.2, 0.25) is 0 Å². The Morgan fingerprint density at radius 3 is 2.22 bits per heavy atom. The van der Waals surface area contributed by atoms with Crippen LogP contribution in [0.5, 0.6) is 0 Å². The molecule has 0 spiro atoms. The van der Waals surface area contributed by atoms with E-state index in [-0.39, 0.29) is 6.16 Å². The van der Waals surface area contributed by atoms with E-state index in [0.717, 1.165) is 0 Å². The minimum absolute atomic E-state index is 0.0475. The van der Waals surface area contributed by atoms with Crippen LogP contribution in [0.4, 0.5) is 0 Å². The van der Waals surface area contributed by atoms with Crippen LogP contribution >= 0.6 is 8.03 Å². The molecule has 0 saturated heterocycles. The van der Waals surface area contributed by atoms with Crippen molar-refractivity contribution in [2.75, 3.05) is 6.16 Å². The van der Waals surface area contributed by atoms with E-state index < -0.39 is 13.4 Å². The van der Waals surface area contributed by atoms with Gasteiger partial charge in [0.2, 0.25) is 0 Å². The fourth-order valence-corrected chi connectivity index (χ4v) is 1.16. The molecular formula is C5H10O3P+. The van der Waals surface area contributed by atoms with Gasteiger partial charge in [-0.2, -0.15) is 4.89 Å². The summed E-state index contributed by atoms with van der Waals surface area (Å²) in [7, 11) is -2.18. The van der Waals surface area contributed by atoms with E-state index in [4.69, 9.17) is 4.89 Å². The molecule has 0 fully saturated rings. The molecule has 0 aliphatic heterocycles. The Morgan fingerprint density at radius 1 is 1.67 bits per heavy atom. The maximum atomic E-state index is 10.2. The predicted octanol–water partition coefficient (Wildman–Crippen LogP) is 0.946. The zero-order valence-electron chi connectivity index (χ0n) is 5.50. The van der Waals surface area contributed by atoms with E-state index in [1.54, 1.807) is 13.8 Å². The summed E-state index contributed by atoms with van der Waals surface area (Å²) < 4.78 is 10.2. The summed E-state index contributed by atoms with van der Waals surface area (Å²) in [6.45, 7) is 3.26. The summed E-state index contributed by atoms with van der Waals surface area (Å²) in [6.07, 6.45) is 0.738. The van der Waals surface area contributed by atoms with Crippen LogP contribution in [0, 0.1) is 5.41 Å². The van der Waals surface area contributed by atoms with Crippen LogP contribution in [-0.2, 0) is 9.36 Å². The molecule has 1 atom stereocenters. The van der Waals surface area contributed by atoms with Crippen LogP contribution in [-0.4, -0.2) is 17.3 Å². The molecule has 1 unspecified atom stereocenters. The standard InChI is InChI=1S/C5H9O3P/c1-5(2,3-6)4-9(7)8/h3H,4H2,1-2H3/p+1. The van der Waals surface area contributed by atoms with Crippen LogP contribution < -0.4 is 0 Å². The summed E-state index contributed by atoms with van der Waals surface area (Å²) in [5.74, 6) is 0. The molecule has 4 heteroatoms. The van der Waals surface area contributed by atoms with Gasteiger partial charge in [-0.05, 0) is 18.4 Å². The lowest BCUT2D eigenvalue weighted by molar-refractivity contribution is -0.113. The van der Waals surface area contributed by atoms with Crippen molar-refractivity contribution < 1.29 is 14.3 Å². The van der Waals surface area contributed by atoms with Gasteiger partial charge in [0.05, 0.1) is 5.41 Å². The lowest BCUT2D eigenvalue weighted by Crippen LogP contribution is -2.15. The summed E-state index contributed by atoms with van der Waals surface area (Å²) in [5, 5.41) is 0. The Bertz CT molecular complexity index is 130. The van der Waals surface area contributed by atoms with E-state index in [1.807, 2.05) is 0 Å². The van der Waals surface area contributed by atoms with Crippen molar-refractivity contribution in [1.29, 1.82) is 0 Å². The SMILES string of the molecule is CC(C)(C=O)C[P+](=O)O. The molecule has 0 aliphatic rings. The Hall–Kier alpha value is -0.270. The van der Waals surface area contributed by atoms with Gasteiger partial charge in [0.15, 0.2) is 6.16 Å². The quantitative estimate of drug-likeness (QED) is 0.480. The van der Waals surface area contributed by atoms with Gasteiger partial charge in [-0.25, -0.2) is 0 Å². The molecule has 0 saturated carbocycles. The van der Waals surface area contributed by atoms with Crippen molar-refractivity contribution in [3.05, 3.63) is 0 Å². The van der Waals surface area contributed by atoms with Gasteiger partial charge in [-0.15, -0.1) is 0 Å². The number of carbonyl (C=O) groups excluding carboxylic acids is 1. The summed E-state index contributed by atoms with van der Waals surface area (Å²) in [6, 6.07) is 0. The first kappa shape index (κ1) is 8.73. The third-order valence-corrected chi connectivity index (χ3v) is 1.95. The molecule has 0 bridgehead atoms. The molecule has 0 rings (SSSR count). The second kappa shape index (κ2) is 3.04. The topological polar surface area (TPSA) is 54.4 Å². The maximum Gasteiger partial charge on any atom is 0.506 e. The first-order valence-corrected chi connectivity index (χ1v) is 3.97. The Labute approximate surface area is 54.9 Å². The lowest BCUT2D eigenvalue weighted by Gasteiger charge is -2.05. The highest BCUT2D eigenvalue weighted by atomic mass is 31.1. The Morgan fingerprint density at radius 2 is 2.11 bits per heavy atom. The second-order valence-corrected chi connectivity index (χ2v) is 3.64. The summed E-state index contributed by atoms with van der Waals surface area (Å²) in [5.41, 5.74) is -0.651. The normalized spacial score (nSPS) is 13.0. The third-order valence-electron chi connectivity index (χ3n) is 0.862. The zero-order chi connectivity index (χ0) is 7.49. The van der Waals surface area contributed by atoms with Crippen molar-refractivity contribution in [3.8, 4) is 0 Å². The van der Waals surface area contributed by atoms with E-state index >= 15 is 0 Å². The minimum atomic E-state index is -2.18. The smallest absolute Gasteiger partial charge is 0.303 e. The summed E-state index contributed by atoms with van der Waals surface area (Å²) >= 11 is 0. The maximum absolute atomic E-state index is 10.2. The number of rotatable bonds is 3. The second-order valence-electron chi connectivity index (χ2n) is 2.62. The lowest BCUT2D eigenvalue weighted by atomic mass is 10.00. The van der Waals surface area contributed by atoms with E-state index in [1.165, 1.54) is 0 Å². The fourth-order valence-electron chi connectivity index (χ4n) is 0.386. The van der Waals surface area contributed by atoms with Crippen molar-refractivity contribution in [1.82, 2.24) is 0 Å². The molecule has 3 nitrogen and oxygen atoms in total. The molecule has 0 aromatic rings. The molecular weight excluding hydrogens is 139 g/mol. The van der Waals surface area contributed by atoms with Crippen LogP contribution in [0.3, 0.4) is 0 Å². The molecule has 0 aromatic carbocycles. The summed E-state index contributed by atoms with van der Waals surface area (Å²) in [4.78, 5) is 18.5. The minimum Gasteiger partial charge on any atom is -0.303 e. The van der Waals surface area contributed by atoms with Gasteiger partial charge in [-0.3, -0.25) is 0 Å². The number of carbonyl (C=O) groups is 1. The van der Waals surface area contributed by atoms with Gasteiger partial charge < -0.3 is 4.79 Å². The van der Waals surface area contributed by atoms with Gasteiger partial charge in [0, 0.05) is 0 Å². The van der Waals surface area contributed by atoms with Crippen molar-refractivity contribution in [3.63, 3.8) is 0 Å². The van der Waals surface area contributed by atoms with E-state index in [9.17, 15) is 9.36 Å². The number of hydrogen-bond donors (Lipinski definition) is 1. The van der Waals surface area contributed by atoms with Gasteiger partial charge in [0.1, 0.15) is 6.29 Å². The zero-order valence-corrected chi connectivity index (χ0v) is 6.39. The molecule has 1 N–H and O–H groups in total. The molecule has 52 valence electrons. The third kappa shape index (κ3) is 4.25. The molecule has 0 heterocycles.